The highest BCUT2D eigenvalue weighted by molar-refractivity contribution is 7.86. The zero-order valence-corrected chi connectivity index (χ0v) is 29.8. The van der Waals surface area contributed by atoms with Gasteiger partial charge in [-0.15, -0.1) is 0 Å². The van der Waals surface area contributed by atoms with E-state index in [9.17, 15) is 50.5 Å². The molecule has 0 bridgehead atoms. The molecule has 0 unspecified atom stereocenters. The molecule has 15 nitrogen and oxygen atoms in total. The second kappa shape index (κ2) is 14.1. The minimum atomic E-state index is -4.65. The Morgan fingerprint density at radius 3 is 1.20 bits per heavy atom. The quantitative estimate of drug-likeness (QED) is 0.0760. The first kappa shape index (κ1) is 37.2. The van der Waals surface area contributed by atoms with Gasteiger partial charge in [0.2, 0.25) is 0 Å². The SMILES string of the molecule is Cc1ccc(NC(=O)Nc2ccc(C)c(C(=O)Nc3ccc4c(O)c(S(=O)(=O)O)ccc4c3)c2)cc1C(=O)Nc1ccc2c(O)c(S(=O)(=O)O)ccc2c1. The lowest BCUT2D eigenvalue weighted by atomic mass is 10.1. The van der Waals surface area contributed by atoms with Crippen LogP contribution in [0, 0.1) is 13.8 Å². The van der Waals surface area contributed by atoms with E-state index < -0.39 is 59.4 Å². The van der Waals surface area contributed by atoms with Crippen molar-refractivity contribution in [1.29, 1.82) is 0 Å². The number of phenols is 2. The molecule has 54 heavy (non-hydrogen) atoms. The van der Waals surface area contributed by atoms with Crippen LogP contribution in [0.2, 0.25) is 0 Å². The second-order valence-electron chi connectivity index (χ2n) is 12.2. The molecule has 6 aromatic rings. The molecule has 0 saturated carbocycles. The number of phenolic OH excluding ortho intramolecular Hbond substituents is 2. The van der Waals surface area contributed by atoms with Gasteiger partial charge in [-0.2, -0.15) is 16.8 Å². The van der Waals surface area contributed by atoms with Crippen LogP contribution < -0.4 is 21.3 Å². The van der Waals surface area contributed by atoms with Crippen LogP contribution in [-0.4, -0.2) is 54.0 Å². The number of benzene rings is 6. The van der Waals surface area contributed by atoms with Gasteiger partial charge in [0.25, 0.3) is 32.1 Å². The molecule has 0 aromatic heterocycles. The molecule has 0 radical (unpaired) electrons. The Kier molecular flexibility index (Phi) is 9.74. The second-order valence-corrected chi connectivity index (χ2v) is 15.0. The van der Waals surface area contributed by atoms with E-state index in [4.69, 9.17) is 0 Å². The van der Waals surface area contributed by atoms with E-state index in [-0.39, 0.29) is 33.3 Å². The molecule has 0 aliphatic rings. The molecular formula is C37H30N4O11S2. The molecule has 0 aliphatic carbocycles. The van der Waals surface area contributed by atoms with E-state index in [0.29, 0.717) is 33.3 Å². The maximum atomic E-state index is 13.3. The lowest BCUT2D eigenvalue weighted by molar-refractivity contribution is 0.101. The van der Waals surface area contributed by atoms with Crippen molar-refractivity contribution in [3.05, 3.63) is 119 Å². The topological polar surface area (TPSA) is 249 Å². The summed E-state index contributed by atoms with van der Waals surface area (Å²) in [5, 5.41) is 32.5. The van der Waals surface area contributed by atoms with Gasteiger partial charge in [0.1, 0.15) is 21.3 Å². The number of nitrogens with one attached hydrogen (secondary N) is 4. The van der Waals surface area contributed by atoms with E-state index in [1.165, 1.54) is 60.7 Å². The third kappa shape index (κ3) is 7.79. The van der Waals surface area contributed by atoms with Crippen molar-refractivity contribution >= 4 is 82.4 Å². The molecule has 0 atom stereocenters. The van der Waals surface area contributed by atoms with Crippen molar-refractivity contribution in [2.24, 2.45) is 0 Å². The Hall–Kier alpha value is -6.53. The summed E-state index contributed by atoms with van der Waals surface area (Å²) in [6.07, 6.45) is 0. The lowest BCUT2D eigenvalue weighted by Crippen LogP contribution is -2.21. The Labute approximate surface area is 307 Å². The van der Waals surface area contributed by atoms with Crippen molar-refractivity contribution < 1.29 is 50.5 Å². The maximum Gasteiger partial charge on any atom is 0.323 e. The van der Waals surface area contributed by atoms with Crippen molar-refractivity contribution in [1.82, 2.24) is 0 Å². The predicted molar refractivity (Wildman–Crippen MR) is 202 cm³/mol. The first-order valence-corrected chi connectivity index (χ1v) is 18.7. The van der Waals surface area contributed by atoms with Gasteiger partial charge in [0.15, 0.2) is 0 Å². The first-order chi connectivity index (χ1) is 25.4. The number of rotatable bonds is 8. The Bertz CT molecular complexity index is 2600. The molecule has 0 spiro atoms. The van der Waals surface area contributed by atoms with E-state index in [2.05, 4.69) is 21.3 Å². The van der Waals surface area contributed by atoms with E-state index in [0.717, 1.165) is 12.1 Å². The van der Waals surface area contributed by atoms with Crippen LogP contribution in [0.5, 0.6) is 11.5 Å². The van der Waals surface area contributed by atoms with Gasteiger partial charge in [-0.3, -0.25) is 18.7 Å². The maximum absolute atomic E-state index is 13.3. The Morgan fingerprint density at radius 1 is 0.481 bits per heavy atom. The highest BCUT2D eigenvalue weighted by atomic mass is 32.2. The summed E-state index contributed by atoms with van der Waals surface area (Å²) in [7, 11) is -9.30. The Morgan fingerprint density at radius 2 is 0.833 bits per heavy atom. The molecule has 17 heteroatoms. The molecule has 0 saturated heterocycles. The van der Waals surface area contributed by atoms with Gasteiger partial charge in [-0.1, -0.05) is 24.3 Å². The van der Waals surface area contributed by atoms with Gasteiger partial charge < -0.3 is 31.5 Å². The summed E-state index contributed by atoms with van der Waals surface area (Å²) in [6.45, 7) is 3.41. The van der Waals surface area contributed by atoms with Crippen LogP contribution in [0.1, 0.15) is 31.8 Å². The van der Waals surface area contributed by atoms with Crippen LogP contribution in [-0.2, 0) is 20.2 Å². The number of aryl methyl sites for hydroxylation is 2. The third-order valence-electron chi connectivity index (χ3n) is 8.46. The minimum Gasteiger partial charge on any atom is -0.506 e. The summed E-state index contributed by atoms with van der Waals surface area (Å²) in [4.78, 5) is 38.2. The first-order valence-electron chi connectivity index (χ1n) is 15.8. The summed E-state index contributed by atoms with van der Waals surface area (Å²) in [5.41, 5.74) is 2.86. The van der Waals surface area contributed by atoms with E-state index in [1.54, 1.807) is 38.1 Å². The monoisotopic (exact) mass is 770 g/mol. The summed E-state index contributed by atoms with van der Waals surface area (Å²) < 4.78 is 64.8. The number of fused-ring (bicyclic) bond motifs is 2. The van der Waals surface area contributed by atoms with Gasteiger partial charge in [-0.25, -0.2) is 4.79 Å². The molecule has 276 valence electrons. The number of carbonyl (C=O) groups is 3. The number of carbonyl (C=O) groups excluding carboxylic acids is 3. The molecule has 0 heterocycles. The van der Waals surface area contributed by atoms with Crippen molar-refractivity contribution in [2.45, 2.75) is 23.6 Å². The van der Waals surface area contributed by atoms with Gasteiger partial charge in [0.05, 0.1) is 0 Å². The standard InChI is InChI=1S/C37H30N4O11S2/c1-19-3-7-25(17-29(19)35(44)38-23-9-11-27-21(15-23)5-13-31(33(27)42)53(47,48)49)40-37(46)41-26-8-4-20(2)30(18-26)36(45)39-24-10-12-28-22(16-24)6-14-32(34(28)43)54(50,51)52/h3-18,42-43H,1-2H3,(H,38,44)(H,39,45)(H2,40,41,46)(H,47,48,49)(H,50,51,52). The van der Waals surface area contributed by atoms with Gasteiger partial charge in [0, 0.05) is 44.6 Å². The molecule has 0 aliphatic heterocycles. The fourth-order valence-corrected chi connectivity index (χ4v) is 6.93. The minimum absolute atomic E-state index is 0.144. The average Bonchev–Trinajstić information content (AvgIpc) is 3.09. The zero-order valence-electron chi connectivity index (χ0n) is 28.2. The predicted octanol–water partition coefficient (Wildman–Crippen LogP) is 6.66. The number of aromatic hydroxyl groups is 2. The smallest absolute Gasteiger partial charge is 0.323 e. The van der Waals surface area contributed by atoms with Crippen LogP contribution in [0.25, 0.3) is 21.5 Å². The fourth-order valence-electron chi connectivity index (χ4n) is 5.74. The van der Waals surface area contributed by atoms with Gasteiger partial charge in [-0.05, 0) is 109 Å². The zero-order chi connectivity index (χ0) is 39.1. The molecule has 0 fully saturated rings. The lowest BCUT2D eigenvalue weighted by Gasteiger charge is -2.14. The summed E-state index contributed by atoms with van der Waals surface area (Å²) in [6, 6.07) is 22.3. The third-order valence-corrected chi connectivity index (χ3v) is 10.2. The fraction of sp³-hybridized carbons (Fsp3) is 0.0541. The van der Waals surface area contributed by atoms with Crippen LogP contribution >= 0.6 is 0 Å². The van der Waals surface area contributed by atoms with E-state index in [1.807, 2.05) is 0 Å². The number of amides is 4. The number of hydrogen-bond donors (Lipinski definition) is 8. The van der Waals surface area contributed by atoms with Crippen LogP contribution in [0.4, 0.5) is 27.5 Å². The van der Waals surface area contributed by atoms with Crippen LogP contribution in [0.3, 0.4) is 0 Å². The highest BCUT2D eigenvalue weighted by Gasteiger charge is 2.20. The molecule has 8 N–H and O–H groups in total. The van der Waals surface area contributed by atoms with Gasteiger partial charge >= 0.3 is 6.03 Å². The largest absolute Gasteiger partial charge is 0.506 e. The van der Waals surface area contributed by atoms with Crippen molar-refractivity contribution in [2.75, 3.05) is 21.3 Å². The Balaban J connectivity index is 1.13. The molecule has 4 amide bonds. The number of urea groups is 1. The number of anilines is 4. The number of hydrogen-bond acceptors (Lipinski definition) is 9. The molecule has 6 rings (SSSR count). The normalized spacial score (nSPS) is 11.6. The summed E-state index contributed by atoms with van der Waals surface area (Å²) in [5.74, 6) is -2.29. The average molecular weight is 771 g/mol. The summed E-state index contributed by atoms with van der Waals surface area (Å²) >= 11 is 0. The van der Waals surface area contributed by atoms with Crippen molar-refractivity contribution in [3.8, 4) is 11.5 Å². The van der Waals surface area contributed by atoms with E-state index >= 15 is 0 Å². The van der Waals surface area contributed by atoms with Crippen molar-refractivity contribution in [3.63, 3.8) is 0 Å². The molecular weight excluding hydrogens is 741 g/mol. The molecule has 6 aromatic carbocycles. The van der Waals surface area contributed by atoms with Crippen LogP contribution in [0.15, 0.2) is 107 Å². The highest BCUT2D eigenvalue weighted by Crippen LogP contribution is 2.35.